The van der Waals surface area contributed by atoms with Crippen LogP contribution in [0.4, 0.5) is 13.2 Å². The van der Waals surface area contributed by atoms with Crippen LogP contribution in [0.1, 0.15) is 51.9 Å². The molecule has 0 aromatic carbocycles. The van der Waals surface area contributed by atoms with Gasteiger partial charge in [-0.3, -0.25) is 4.79 Å². The second-order valence-electron chi connectivity index (χ2n) is 4.38. The molecular formula is C12H21F3INO. The Labute approximate surface area is 120 Å². The summed E-state index contributed by atoms with van der Waals surface area (Å²) >= 11 is 1.72. The first-order valence-electron chi connectivity index (χ1n) is 6.32. The molecule has 0 aliphatic carbocycles. The second-order valence-corrected chi connectivity index (χ2v) is 6.15. The number of carbonyl (C=O) groups is 1. The standard InChI is InChI=1S/C12H21F3INO/c1-2-3-4-5-6-7-11(18)17-9-10(16)8-12(13,14)15/h10H,2-9H2,1H3,(H,17,18). The van der Waals surface area contributed by atoms with E-state index >= 15 is 0 Å². The molecule has 0 aromatic rings. The molecule has 0 saturated carbocycles. The van der Waals surface area contributed by atoms with Crippen molar-refractivity contribution in [2.75, 3.05) is 6.54 Å². The molecule has 0 aromatic heterocycles. The van der Waals surface area contributed by atoms with E-state index in [1.807, 2.05) is 0 Å². The Morgan fingerprint density at radius 3 is 2.39 bits per heavy atom. The first-order chi connectivity index (χ1) is 8.35. The highest BCUT2D eigenvalue weighted by molar-refractivity contribution is 14.1. The molecule has 1 atom stereocenters. The Bertz CT molecular complexity index is 234. The highest BCUT2D eigenvalue weighted by Gasteiger charge is 2.30. The molecule has 0 bridgehead atoms. The number of nitrogens with one attached hydrogen (secondary N) is 1. The molecule has 0 aliphatic heterocycles. The van der Waals surface area contributed by atoms with Gasteiger partial charge >= 0.3 is 6.18 Å². The van der Waals surface area contributed by atoms with Crippen molar-refractivity contribution in [1.29, 1.82) is 0 Å². The van der Waals surface area contributed by atoms with E-state index in [2.05, 4.69) is 12.2 Å². The minimum Gasteiger partial charge on any atom is -0.355 e. The molecule has 6 heteroatoms. The second kappa shape index (κ2) is 9.86. The van der Waals surface area contributed by atoms with Crippen LogP contribution in [0.25, 0.3) is 0 Å². The average molecular weight is 379 g/mol. The highest BCUT2D eigenvalue weighted by Crippen LogP contribution is 2.24. The zero-order valence-corrected chi connectivity index (χ0v) is 12.8. The predicted molar refractivity (Wildman–Crippen MR) is 74.9 cm³/mol. The maximum atomic E-state index is 12.0. The first-order valence-corrected chi connectivity index (χ1v) is 7.57. The van der Waals surface area contributed by atoms with E-state index in [1.54, 1.807) is 22.6 Å². The van der Waals surface area contributed by atoms with Crippen LogP contribution in [0.2, 0.25) is 0 Å². The van der Waals surface area contributed by atoms with Gasteiger partial charge in [-0.1, -0.05) is 55.2 Å². The van der Waals surface area contributed by atoms with E-state index in [4.69, 9.17) is 0 Å². The minimum atomic E-state index is -4.16. The van der Waals surface area contributed by atoms with Crippen molar-refractivity contribution in [3.63, 3.8) is 0 Å². The lowest BCUT2D eigenvalue weighted by atomic mass is 10.1. The van der Waals surface area contributed by atoms with E-state index in [-0.39, 0.29) is 12.5 Å². The fraction of sp³-hybridized carbons (Fsp3) is 0.917. The quantitative estimate of drug-likeness (QED) is 0.363. The van der Waals surface area contributed by atoms with Crippen LogP contribution < -0.4 is 5.32 Å². The molecule has 18 heavy (non-hydrogen) atoms. The van der Waals surface area contributed by atoms with Gasteiger partial charge in [-0.25, -0.2) is 0 Å². The van der Waals surface area contributed by atoms with Gasteiger partial charge in [0.1, 0.15) is 0 Å². The summed E-state index contributed by atoms with van der Waals surface area (Å²) in [6.45, 7) is 2.21. The predicted octanol–water partition coefficient (Wildman–Crippen LogP) is 4.22. The lowest BCUT2D eigenvalue weighted by Crippen LogP contribution is -2.31. The molecule has 0 rings (SSSR count). The van der Waals surface area contributed by atoms with Gasteiger partial charge < -0.3 is 5.32 Å². The van der Waals surface area contributed by atoms with Crippen molar-refractivity contribution in [2.24, 2.45) is 0 Å². The third-order valence-electron chi connectivity index (χ3n) is 2.48. The number of unbranched alkanes of at least 4 members (excludes halogenated alkanes) is 4. The summed E-state index contributed by atoms with van der Waals surface area (Å²) in [5.41, 5.74) is 0. The molecule has 0 saturated heterocycles. The third-order valence-corrected chi connectivity index (χ3v) is 3.36. The third kappa shape index (κ3) is 12.4. The number of hydrogen-bond donors (Lipinski definition) is 1. The summed E-state index contributed by atoms with van der Waals surface area (Å²) in [6.07, 6.45) is 0.671. The topological polar surface area (TPSA) is 29.1 Å². The summed E-state index contributed by atoms with van der Waals surface area (Å²) < 4.78 is 35.5. The van der Waals surface area contributed by atoms with E-state index in [9.17, 15) is 18.0 Å². The molecule has 108 valence electrons. The number of halogens is 4. The van der Waals surface area contributed by atoms with Crippen molar-refractivity contribution < 1.29 is 18.0 Å². The summed E-state index contributed by atoms with van der Waals surface area (Å²) in [7, 11) is 0. The van der Waals surface area contributed by atoms with Gasteiger partial charge in [-0.2, -0.15) is 13.2 Å². The van der Waals surface area contributed by atoms with E-state index in [1.165, 1.54) is 6.42 Å². The van der Waals surface area contributed by atoms with Gasteiger partial charge in [0.15, 0.2) is 0 Å². The molecule has 2 nitrogen and oxygen atoms in total. The zero-order chi connectivity index (χ0) is 14.0. The molecule has 0 heterocycles. The molecule has 0 spiro atoms. The monoisotopic (exact) mass is 379 g/mol. The normalized spacial score (nSPS) is 13.4. The number of carbonyl (C=O) groups excluding carboxylic acids is 1. The van der Waals surface area contributed by atoms with Crippen molar-refractivity contribution in [3.05, 3.63) is 0 Å². The van der Waals surface area contributed by atoms with Crippen LogP contribution in [0.15, 0.2) is 0 Å². The molecule has 1 unspecified atom stereocenters. The highest BCUT2D eigenvalue weighted by atomic mass is 127. The van der Waals surface area contributed by atoms with Crippen LogP contribution in [0.5, 0.6) is 0 Å². The number of alkyl halides is 4. The van der Waals surface area contributed by atoms with Crippen LogP contribution in [-0.4, -0.2) is 22.6 Å². The van der Waals surface area contributed by atoms with Crippen LogP contribution in [0, 0.1) is 0 Å². The smallest absolute Gasteiger partial charge is 0.355 e. The Hall–Kier alpha value is -0.0100. The van der Waals surface area contributed by atoms with E-state index < -0.39 is 16.5 Å². The maximum Gasteiger partial charge on any atom is 0.390 e. The Morgan fingerprint density at radius 2 is 1.83 bits per heavy atom. The SMILES string of the molecule is CCCCCCCC(=O)NCC(I)CC(F)(F)F. The molecule has 1 amide bonds. The van der Waals surface area contributed by atoms with Gasteiger partial charge in [-0.15, -0.1) is 0 Å². The fourth-order valence-electron chi connectivity index (χ4n) is 1.53. The lowest BCUT2D eigenvalue weighted by molar-refractivity contribution is -0.134. The van der Waals surface area contributed by atoms with Crippen molar-refractivity contribution in [1.82, 2.24) is 5.32 Å². The van der Waals surface area contributed by atoms with Gasteiger partial charge in [0.2, 0.25) is 5.91 Å². The zero-order valence-electron chi connectivity index (χ0n) is 10.7. The molecular weight excluding hydrogens is 358 g/mol. The Balaban J connectivity index is 3.52. The van der Waals surface area contributed by atoms with Crippen molar-refractivity contribution in [2.45, 2.75) is 62.0 Å². The summed E-state index contributed by atoms with van der Waals surface area (Å²) in [5, 5.41) is 2.55. The fourth-order valence-corrected chi connectivity index (χ4v) is 2.24. The molecule has 0 fully saturated rings. The molecule has 0 radical (unpaired) electrons. The van der Waals surface area contributed by atoms with Crippen LogP contribution in [-0.2, 0) is 4.79 Å². The van der Waals surface area contributed by atoms with Crippen LogP contribution in [0.3, 0.4) is 0 Å². The minimum absolute atomic E-state index is 0.0911. The summed E-state index contributed by atoms with van der Waals surface area (Å²) in [6, 6.07) is 0. The number of rotatable bonds is 9. The van der Waals surface area contributed by atoms with Crippen molar-refractivity contribution in [3.8, 4) is 0 Å². The Kier molecular flexibility index (Phi) is 9.85. The number of amides is 1. The lowest BCUT2D eigenvalue weighted by Gasteiger charge is -2.13. The van der Waals surface area contributed by atoms with Crippen molar-refractivity contribution >= 4 is 28.5 Å². The largest absolute Gasteiger partial charge is 0.390 e. The summed E-state index contributed by atoms with van der Waals surface area (Å²) in [4.78, 5) is 11.4. The van der Waals surface area contributed by atoms with Gasteiger partial charge in [-0.05, 0) is 6.42 Å². The Morgan fingerprint density at radius 1 is 1.22 bits per heavy atom. The van der Waals surface area contributed by atoms with E-state index in [0.29, 0.717) is 6.42 Å². The van der Waals surface area contributed by atoms with Gasteiger partial charge in [0.25, 0.3) is 0 Å². The molecule has 1 N–H and O–H groups in total. The van der Waals surface area contributed by atoms with E-state index in [0.717, 1.165) is 25.7 Å². The number of hydrogen-bond acceptors (Lipinski definition) is 1. The van der Waals surface area contributed by atoms with Crippen LogP contribution >= 0.6 is 22.6 Å². The average Bonchev–Trinajstić information content (AvgIpc) is 2.24. The molecule has 0 aliphatic rings. The maximum absolute atomic E-state index is 12.0. The van der Waals surface area contributed by atoms with Gasteiger partial charge in [0, 0.05) is 16.9 Å². The van der Waals surface area contributed by atoms with Gasteiger partial charge in [0.05, 0.1) is 6.42 Å². The first kappa shape index (κ1) is 18.0. The summed E-state index contributed by atoms with van der Waals surface area (Å²) in [5.74, 6) is -0.143.